The lowest BCUT2D eigenvalue weighted by Crippen LogP contribution is -2.46. The van der Waals surface area contributed by atoms with E-state index in [-0.39, 0.29) is 23.5 Å². The van der Waals surface area contributed by atoms with Crippen LogP contribution in [0.15, 0.2) is 12.1 Å². The molecule has 84 valence electrons. The highest BCUT2D eigenvalue weighted by Crippen LogP contribution is 2.30. The topological polar surface area (TPSA) is 107 Å². The van der Waals surface area contributed by atoms with Crippen molar-refractivity contribution in [2.24, 2.45) is 0 Å². The standard InChI is InChI=1S/C10H9NO5/c12-5-1-4-2-6(10(15)16)11-9(14)8(4)7(13)3-5/h1,3,6,12-13H,2H2,(H,11,14)(H,15,16). The maximum Gasteiger partial charge on any atom is 0.326 e. The Morgan fingerprint density at radius 3 is 2.69 bits per heavy atom. The van der Waals surface area contributed by atoms with Gasteiger partial charge in [-0.3, -0.25) is 4.79 Å². The first-order chi connectivity index (χ1) is 7.49. The van der Waals surface area contributed by atoms with Gasteiger partial charge in [0.25, 0.3) is 5.91 Å². The Hall–Kier alpha value is -2.24. The summed E-state index contributed by atoms with van der Waals surface area (Å²) in [5, 5.41) is 29.7. The summed E-state index contributed by atoms with van der Waals surface area (Å²) in [5.74, 6) is -2.35. The van der Waals surface area contributed by atoms with Crippen molar-refractivity contribution in [3.05, 3.63) is 23.3 Å². The molecule has 2 rings (SSSR count). The fourth-order valence-corrected chi connectivity index (χ4v) is 1.74. The summed E-state index contributed by atoms with van der Waals surface area (Å²) >= 11 is 0. The molecule has 1 unspecified atom stereocenters. The molecule has 0 fully saturated rings. The van der Waals surface area contributed by atoms with E-state index in [4.69, 9.17) is 5.11 Å². The molecule has 1 atom stereocenters. The summed E-state index contributed by atoms with van der Waals surface area (Å²) in [7, 11) is 0. The summed E-state index contributed by atoms with van der Waals surface area (Å²) in [5.41, 5.74) is 0.351. The Labute approximate surface area is 90.1 Å². The first-order valence-electron chi connectivity index (χ1n) is 4.57. The molecule has 1 amide bonds. The SMILES string of the molecule is O=C1NC(C(=O)O)Cc2cc(O)cc(O)c21. The third-order valence-electron chi connectivity index (χ3n) is 2.44. The third kappa shape index (κ3) is 1.54. The number of aromatic hydroxyl groups is 2. The molecule has 1 aromatic rings. The zero-order valence-electron chi connectivity index (χ0n) is 8.10. The molecule has 1 heterocycles. The second-order valence-corrected chi connectivity index (χ2v) is 3.57. The van der Waals surface area contributed by atoms with Crippen LogP contribution in [-0.4, -0.2) is 33.2 Å². The van der Waals surface area contributed by atoms with Crippen LogP contribution >= 0.6 is 0 Å². The van der Waals surface area contributed by atoms with Crippen LogP contribution in [0.2, 0.25) is 0 Å². The minimum atomic E-state index is -1.15. The zero-order chi connectivity index (χ0) is 11.9. The molecule has 6 heteroatoms. The molecule has 1 aliphatic heterocycles. The molecule has 0 radical (unpaired) electrons. The van der Waals surface area contributed by atoms with Gasteiger partial charge in [-0.15, -0.1) is 0 Å². The number of carboxylic acids is 1. The first kappa shape index (κ1) is 10.3. The molecular weight excluding hydrogens is 214 g/mol. The van der Waals surface area contributed by atoms with Crippen molar-refractivity contribution in [2.45, 2.75) is 12.5 Å². The third-order valence-corrected chi connectivity index (χ3v) is 2.44. The van der Waals surface area contributed by atoms with Crippen molar-refractivity contribution in [2.75, 3.05) is 0 Å². The van der Waals surface area contributed by atoms with Gasteiger partial charge in [-0.2, -0.15) is 0 Å². The molecule has 0 spiro atoms. The van der Waals surface area contributed by atoms with E-state index in [2.05, 4.69) is 5.32 Å². The van der Waals surface area contributed by atoms with Crippen LogP contribution in [0.4, 0.5) is 0 Å². The number of hydrogen-bond donors (Lipinski definition) is 4. The van der Waals surface area contributed by atoms with E-state index in [1.807, 2.05) is 0 Å². The highest BCUT2D eigenvalue weighted by atomic mass is 16.4. The van der Waals surface area contributed by atoms with Crippen LogP contribution in [0.5, 0.6) is 11.5 Å². The molecule has 4 N–H and O–H groups in total. The Bertz CT molecular complexity index is 482. The average Bonchev–Trinajstić information content (AvgIpc) is 2.15. The first-order valence-corrected chi connectivity index (χ1v) is 4.57. The van der Waals surface area contributed by atoms with Crippen molar-refractivity contribution < 1.29 is 24.9 Å². The van der Waals surface area contributed by atoms with E-state index in [0.29, 0.717) is 5.56 Å². The van der Waals surface area contributed by atoms with Crippen LogP contribution in [0.1, 0.15) is 15.9 Å². The van der Waals surface area contributed by atoms with Gasteiger partial charge < -0.3 is 20.6 Å². The zero-order valence-corrected chi connectivity index (χ0v) is 8.10. The van der Waals surface area contributed by atoms with Gasteiger partial charge in [-0.05, 0) is 11.6 Å². The number of phenols is 2. The second kappa shape index (κ2) is 3.41. The Morgan fingerprint density at radius 1 is 1.38 bits per heavy atom. The molecule has 6 nitrogen and oxygen atoms in total. The van der Waals surface area contributed by atoms with Crippen molar-refractivity contribution >= 4 is 11.9 Å². The van der Waals surface area contributed by atoms with Gasteiger partial charge in [0.05, 0.1) is 5.56 Å². The molecule has 1 aliphatic rings. The number of phenolic OH excluding ortho intramolecular Hbond substituents is 2. The highest BCUT2D eigenvalue weighted by Gasteiger charge is 2.31. The van der Waals surface area contributed by atoms with Crippen molar-refractivity contribution in [1.82, 2.24) is 5.32 Å². The highest BCUT2D eigenvalue weighted by molar-refractivity contribution is 6.02. The number of fused-ring (bicyclic) bond motifs is 1. The number of carbonyl (C=O) groups is 2. The number of aliphatic carboxylic acids is 1. The number of nitrogens with one attached hydrogen (secondary N) is 1. The fourth-order valence-electron chi connectivity index (χ4n) is 1.74. The summed E-state index contributed by atoms with van der Waals surface area (Å²) < 4.78 is 0. The van der Waals surface area contributed by atoms with Crippen molar-refractivity contribution in [3.8, 4) is 11.5 Å². The maximum atomic E-state index is 11.5. The largest absolute Gasteiger partial charge is 0.508 e. The number of hydrogen-bond acceptors (Lipinski definition) is 4. The number of carboxylic acid groups (broad SMARTS) is 1. The van der Waals surface area contributed by atoms with E-state index in [1.54, 1.807) is 0 Å². The lowest BCUT2D eigenvalue weighted by Gasteiger charge is -2.23. The fraction of sp³-hybridized carbons (Fsp3) is 0.200. The number of rotatable bonds is 1. The predicted molar refractivity (Wildman–Crippen MR) is 52.4 cm³/mol. The summed E-state index contributed by atoms with van der Waals surface area (Å²) in [4.78, 5) is 22.3. The quantitative estimate of drug-likeness (QED) is 0.529. The Morgan fingerprint density at radius 2 is 2.06 bits per heavy atom. The minimum absolute atomic E-state index is 0.0234. The van der Waals surface area contributed by atoms with Crippen LogP contribution in [-0.2, 0) is 11.2 Å². The van der Waals surface area contributed by atoms with Crippen molar-refractivity contribution in [1.29, 1.82) is 0 Å². The van der Waals surface area contributed by atoms with E-state index in [9.17, 15) is 19.8 Å². The molecule has 1 aromatic carbocycles. The number of carbonyl (C=O) groups excluding carboxylic acids is 1. The van der Waals surface area contributed by atoms with Crippen LogP contribution in [0.25, 0.3) is 0 Å². The lowest BCUT2D eigenvalue weighted by atomic mass is 9.94. The minimum Gasteiger partial charge on any atom is -0.508 e. The normalized spacial score (nSPS) is 18.8. The van der Waals surface area contributed by atoms with E-state index in [1.165, 1.54) is 6.07 Å². The summed E-state index contributed by atoms with van der Waals surface area (Å²) in [6, 6.07) is 1.30. The average molecular weight is 223 g/mol. The van der Waals surface area contributed by atoms with E-state index in [0.717, 1.165) is 6.07 Å². The van der Waals surface area contributed by atoms with Crippen LogP contribution < -0.4 is 5.32 Å². The van der Waals surface area contributed by atoms with Gasteiger partial charge in [0.1, 0.15) is 17.5 Å². The Kier molecular flexibility index (Phi) is 2.19. The van der Waals surface area contributed by atoms with Crippen molar-refractivity contribution in [3.63, 3.8) is 0 Å². The van der Waals surface area contributed by atoms with Crippen LogP contribution in [0.3, 0.4) is 0 Å². The number of amides is 1. The smallest absolute Gasteiger partial charge is 0.326 e. The molecule has 0 bridgehead atoms. The maximum absolute atomic E-state index is 11.5. The monoisotopic (exact) mass is 223 g/mol. The van der Waals surface area contributed by atoms with E-state index >= 15 is 0 Å². The molecule has 0 saturated carbocycles. The van der Waals surface area contributed by atoms with Gasteiger partial charge in [-0.1, -0.05) is 0 Å². The Balaban J connectivity index is 2.50. The van der Waals surface area contributed by atoms with Crippen LogP contribution in [0, 0.1) is 0 Å². The van der Waals surface area contributed by atoms with Gasteiger partial charge in [0, 0.05) is 12.5 Å². The predicted octanol–water partition coefficient (Wildman–Crippen LogP) is -0.163. The van der Waals surface area contributed by atoms with Gasteiger partial charge >= 0.3 is 5.97 Å². The van der Waals surface area contributed by atoms with E-state index < -0.39 is 17.9 Å². The molecular formula is C10H9NO5. The lowest BCUT2D eigenvalue weighted by molar-refractivity contribution is -0.139. The molecule has 0 aromatic heterocycles. The summed E-state index contributed by atoms with van der Waals surface area (Å²) in [6.07, 6.45) is 0.0400. The molecule has 0 aliphatic carbocycles. The van der Waals surface area contributed by atoms with Gasteiger partial charge in [0.15, 0.2) is 0 Å². The van der Waals surface area contributed by atoms with Gasteiger partial charge in [0.2, 0.25) is 0 Å². The summed E-state index contributed by atoms with van der Waals surface area (Å²) in [6.45, 7) is 0. The molecule has 16 heavy (non-hydrogen) atoms. The molecule has 0 saturated heterocycles. The van der Waals surface area contributed by atoms with Gasteiger partial charge in [-0.25, -0.2) is 4.79 Å². The number of benzene rings is 1. The second-order valence-electron chi connectivity index (χ2n) is 3.57.